The number of carbonyl (C=O) groups excluding carboxylic acids is 1. The van der Waals surface area contributed by atoms with E-state index in [2.05, 4.69) is 15.3 Å². The fourth-order valence-electron chi connectivity index (χ4n) is 3.11. The van der Waals surface area contributed by atoms with Gasteiger partial charge in [-0.05, 0) is 43.3 Å². The first-order chi connectivity index (χ1) is 14.3. The van der Waals surface area contributed by atoms with Crippen LogP contribution in [0.25, 0.3) is 11.3 Å². The second-order valence-electron chi connectivity index (χ2n) is 6.66. The van der Waals surface area contributed by atoms with Gasteiger partial charge in [0, 0.05) is 11.8 Å². The largest absolute Gasteiger partial charge is 0.488 e. The summed E-state index contributed by atoms with van der Waals surface area (Å²) in [6.45, 7) is 2.29. The van der Waals surface area contributed by atoms with Crippen LogP contribution in [0, 0.1) is 6.92 Å². The molecule has 30 heavy (non-hydrogen) atoms. The van der Waals surface area contributed by atoms with Gasteiger partial charge in [0.25, 0.3) is 0 Å². The molecule has 2 aromatic heterocycles. The van der Waals surface area contributed by atoms with Gasteiger partial charge in [-0.3, -0.25) is 9.88 Å². The van der Waals surface area contributed by atoms with Crippen molar-refractivity contribution in [3.63, 3.8) is 0 Å². The molecule has 3 aromatic rings. The predicted molar refractivity (Wildman–Crippen MR) is 106 cm³/mol. The number of rotatable bonds is 2. The van der Waals surface area contributed by atoms with E-state index < -0.39 is 17.8 Å². The summed E-state index contributed by atoms with van der Waals surface area (Å²) < 4.78 is 44.7. The highest BCUT2D eigenvalue weighted by atomic mass is 19.4. The van der Waals surface area contributed by atoms with Gasteiger partial charge in [-0.25, -0.2) is 9.78 Å². The first-order valence-electron chi connectivity index (χ1n) is 9.14. The molecule has 0 radical (unpaired) electrons. The fourth-order valence-corrected chi connectivity index (χ4v) is 3.11. The number of pyridine rings is 2. The molecule has 3 heterocycles. The van der Waals surface area contributed by atoms with Crippen LogP contribution < -0.4 is 15.0 Å². The number of anilines is 2. The van der Waals surface area contributed by atoms with Gasteiger partial charge in [0.15, 0.2) is 11.6 Å². The SMILES string of the molecule is Cc1ncccc1NC(=O)N1CCOc2ccc(-c3cccc(C(F)(F)F)c3)nc21. The lowest BCUT2D eigenvalue weighted by Gasteiger charge is -2.29. The number of hydrogen-bond donors (Lipinski definition) is 1. The van der Waals surface area contributed by atoms with Crippen molar-refractivity contribution in [2.24, 2.45) is 0 Å². The number of carbonyl (C=O) groups is 1. The Morgan fingerprint density at radius 1 is 1.17 bits per heavy atom. The normalized spacial score (nSPS) is 13.4. The number of nitrogens with zero attached hydrogens (tertiary/aromatic N) is 3. The summed E-state index contributed by atoms with van der Waals surface area (Å²) in [5.41, 5.74) is 1.05. The summed E-state index contributed by atoms with van der Waals surface area (Å²) in [5, 5.41) is 2.79. The topological polar surface area (TPSA) is 67.4 Å². The van der Waals surface area contributed by atoms with Crippen molar-refractivity contribution in [2.75, 3.05) is 23.4 Å². The van der Waals surface area contributed by atoms with E-state index in [0.717, 1.165) is 12.1 Å². The number of aromatic nitrogens is 2. The summed E-state index contributed by atoms with van der Waals surface area (Å²) in [5.74, 6) is 0.630. The quantitative estimate of drug-likeness (QED) is 0.648. The Labute approximate surface area is 170 Å². The van der Waals surface area contributed by atoms with Crippen LogP contribution in [0.2, 0.25) is 0 Å². The molecule has 0 bridgehead atoms. The number of urea groups is 1. The van der Waals surface area contributed by atoms with Gasteiger partial charge >= 0.3 is 12.2 Å². The van der Waals surface area contributed by atoms with Gasteiger partial charge < -0.3 is 10.1 Å². The molecule has 154 valence electrons. The van der Waals surface area contributed by atoms with Gasteiger partial charge in [-0.15, -0.1) is 0 Å². The molecule has 0 saturated carbocycles. The van der Waals surface area contributed by atoms with Crippen LogP contribution >= 0.6 is 0 Å². The van der Waals surface area contributed by atoms with Crippen molar-refractivity contribution < 1.29 is 22.7 Å². The maximum absolute atomic E-state index is 13.1. The Balaban J connectivity index is 1.67. The first-order valence-corrected chi connectivity index (χ1v) is 9.14. The minimum Gasteiger partial charge on any atom is -0.488 e. The number of hydrogen-bond acceptors (Lipinski definition) is 4. The van der Waals surface area contributed by atoms with Crippen LogP contribution in [-0.4, -0.2) is 29.2 Å². The molecule has 0 aliphatic carbocycles. The minimum absolute atomic E-state index is 0.246. The molecule has 1 N–H and O–H groups in total. The monoisotopic (exact) mass is 414 g/mol. The molecule has 2 amide bonds. The van der Waals surface area contributed by atoms with Crippen molar-refractivity contribution in [1.29, 1.82) is 0 Å². The molecule has 1 aliphatic heterocycles. The van der Waals surface area contributed by atoms with Crippen molar-refractivity contribution >= 4 is 17.5 Å². The molecule has 0 saturated heterocycles. The Kier molecular flexibility index (Phi) is 5.03. The maximum Gasteiger partial charge on any atom is 0.416 e. The van der Waals surface area contributed by atoms with Gasteiger partial charge in [-0.1, -0.05) is 12.1 Å². The minimum atomic E-state index is -4.46. The Morgan fingerprint density at radius 2 is 2.00 bits per heavy atom. The lowest BCUT2D eigenvalue weighted by molar-refractivity contribution is -0.137. The Morgan fingerprint density at radius 3 is 2.77 bits per heavy atom. The zero-order chi connectivity index (χ0) is 21.3. The average Bonchev–Trinajstić information content (AvgIpc) is 2.74. The van der Waals surface area contributed by atoms with Crippen molar-refractivity contribution in [3.8, 4) is 17.0 Å². The maximum atomic E-state index is 13.1. The molecular formula is C21H17F3N4O2. The van der Waals surface area contributed by atoms with E-state index in [1.54, 1.807) is 37.4 Å². The van der Waals surface area contributed by atoms with E-state index >= 15 is 0 Å². The summed E-state index contributed by atoms with van der Waals surface area (Å²) in [4.78, 5) is 22.8. The number of benzene rings is 1. The van der Waals surface area contributed by atoms with Crippen LogP contribution in [0.4, 0.5) is 29.5 Å². The van der Waals surface area contributed by atoms with E-state index in [9.17, 15) is 18.0 Å². The highest BCUT2D eigenvalue weighted by molar-refractivity contribution is 6.02. The summed E-state index contributed by atoms with van der Waals surface area (Å²) >= 11 is 0. The highest BCUT2D eigenvalue weighted by Gasteiger charge is 2.31. The number of alkyl halides is 3. The number of nitrogens with one attached hydrogen (secondary N) is 1. The zero-order valence-corrected chi connectivity index (χ0v) is 15.9. The lowest BCUT2D eigenvalue weighted by Crippen LogP contribution is -2.41. The molecule has 6 nitrogen and oxygen atoms in total. The van der Waals surface area contributed by atoms with Crippen molar-refractivity contribution in [3.05, 3.63) is 66.0 Å². The smallest absolute Gasteiger partial charge is 0.416 e. The van der Waals surface area contributed by atoms with Crippen LogP contribution in [0.3, 0.4) is 0 Å². The Hall–Kier alpha value is -3.62. The zero-order valence-electron chi connectivity index (χ0n) is 15.9. The molecule has 0 fully saturated rings. The molecule has 1 aromatic carbocycles. The number of ether oxygens (including phenoxy) is 1. The molecular weight excluding hydrogens is 397 g/mol. The summed E-state index contributed by atoms with van der Waals surface area (Å²) in [6.07, 6.45) is -2.83. The predicted octanol–water partition coefficient (Wildman–Crippen LogP) is 4.90. The summed E-state index contributed by atoms with van der Waals surface area (Å²) in [6, 6.07) is 11.1. The molecule has 4 rings (SSSR count). The highest BCUT2D eigenvalue weighted by Crippen LogP contribution is 2.35. The number of aryl methyl sites for hydroxylation is 1. The van der Waals surface area contributed by atoms with E-state index in [-0.39, 0.29) is 19.0 Å². The van der Waals surface area contributed by atoms with Crippen molar-refractivity contribution in [1.82, 2.24) is 9.97 Å². The first kappa shape index (κ1) is 19.7. The molecule has 0 unspecified atom stereocenters. The lowest BCUT2D eigenvalue weighted by atomic mass is 10.1. The van der Waals surface area contributed by atoms with E-state index in [4.69, 9.17) is 4.74 Å². The van der Waals surface area contributed by atoms with Crippen LogP contribution in [0.5, 0.6) is 5.75 Å². The average molecular weight is 414 g/mol. The number of fused-ring (bicyclic) bond motifs is 1. The number of amides is 2. The van der Waals surface area contributed by atoms with E-state index in [1.165, 1.54) is 17.0 Å². The van der Waals surface area contributed by atoms with Gasteiger partial charge in [0.05, 0.1) is 29.2 Å². The molecule has 0 spiro atoms. The third kappa shape index (κ3) is 3.91. The second-order valence-corrected chi connectivity index (χ2v) is 6.66. The van der Waals surface area contributed by atoms with Gasteiger partial charge in [0.1, 0.15) is 6.61 Å². The molecule has 0 atom stereocenters. The van der Waals surface area contributed by atoms with Gasteiger partial charge in [-0.2, -0.15) is 13.2 Å². The van der Waals surface area contributed by atoms with Crippen LogP contribution in [0.15, 0.2) is 54.7 Å². The van der Waals surface area contributed by atoms with Crippen LogP contribution in [0.1, 0.15) is 11.3 Å². The standard InChI is InChI=1S/C21H17F3N4O2/c1-13-16(6-3-9-25-13)27-20(29)28-10-11-30-18-8-7-17(26-19(18)28)14-4-2-5-15(12-14)21(22,23)24/h2-9,12H,10-11H2,1H3,(H,27,29). The van der Waals surface area contributed by atoms with Crippen molar-refractivity contribution in [2.45, 2.75) is 13.1 Å². The second kappa shape index (κ2) is 7.66. The fraction of sp³-hybridized carbons (Fsp3) is 0.190. The van der Waals surface area contributed by atoms with Gasteiger partial charge in [0.2, 0.25) is 0 Å². The van der Waals surface area contributed by atoms with Crippen LogP contribution in [-0.2, 0) is 6.18 Å². The molecule has 9 heteroatoms. The van der Waals surface area contributed by atoms with E-state index in [0.29, 0.717) is 28.4 Å². The Bertz CT molecular complexity index is 1100. The molecule has 1 aliphatic rings. The third-order valence-electron chi connectivity index (χ3n) is 4.65. The third-order valence-corrected chi connectivity index (χ3v) is 4.65. The number of halogens is 3. The van der Waals surface area contributed by atoms with E-state index in [1.807, 2.05) is 0 Å². The summed E-state index contributed by atoms with van der Waals surface area (Å²) in [7, 11) is 0.